The van der Waals surface area contributed by atoms with E-state index in [9.17, 15) is 68.2 Å². The summed E-state index contributed by atoms with van der Waals surface area (Å²) in [6, 6.07) is 20.5. The van der Waals surface area contributed by atoms with Gasteiger partial charge in [-0.15, -0.1) is 0 Å². The summed E-state index contributed by atoms with van der Waals surface area (Å²) in [4.78, 5) is 160. The third kappa shape index (κ3) is 12.7. The molecule has 2 unspecified atom stereocenters. The second kappa shape index (κ2) is 24.6. The molecule has 8 rings (SSSR count). The number of rotatable bonds is 26. The molecule has 3 aliphatic heterocycles. The molecule has 0 aromatic heterocycles. The standard InChI is InChI=1S/C55H54N10O14/c1-33(58-44(66)17-6-3-7-23-61-45(67)18-19-46(61)68)50(70)59-43(27-34-11-4-2-5-12-34)51(71)57-32-47(69)60(25-26-63-53(73)40-16-9-14-36-29-38(65(78)79)31-42(49(36)40)55(63)75)22-10-20-56-21-24-62-52(72)39-15-8-13-35-28-37(64(76)77)30-41(48(35)39)54(62)74/h2,4-5,8-9,11-16,18-19,28-31,33,43,56H,3,6-7,10,17,20-27,32H2,1H3,(H,57,71)(H,58,66)(H,59,70). The van der Waals surface area contributed by atoms with Crippen molar-refractivity contribution in [3.8, 4) is 0 Å². The molecule has 3 heterocycles. The molecule has 0 saturated heterocycles. The van der Waals surface area contributed by atoms with Gasteiger partial charge in [0.05, 0.1) is 27.5 Å². The Balaban J connectivity index is 0.906. The summed E-state index contributed by atoms with van der Waals surface area (Å²) in [6.07, 6.45) is 4.08. The molecule has 0 spiro atoms. The van der Waals surface area contributed by atoms with Gasteiger partial charge in [0.2, 0.25) is 23.6 Å². The molecule has 408 valence electrons. The van der Waals surface area contributed by atoms with Crippen LogP contribution in [0, 0.1) is 20.2 Å². The molecule has 4 N–H and O–H groups in total. The third-order valence-corrected chi connectivity index (χ3v) is 13.8. The molecule has 0 fully saturated rings. The van der Waals surface area contributed by atoms with Crippen molar-refractivity contribution in [3.63, 3.8) is 0 Å². The van der Waals surface area contributed by atoms with Gasteiger partial charge in [0.15, 0.2) is 0 Å². The summed E-state index contributed by atoms with van der Waals surface area (Å²) in [7, 11) is 0. The number of nitro groups is 2. The number of nitrogens with one attached hydrogen (secondary N) is 4. The summed E-state index contributed by atoms with van der Waals surface area (Å²) in [5.74, 6) is -6.11. The fourth-order valence-corrected chi connectivity index (χ4v) is 9.71. The summed E-state index contributed by atoms with van der Waals surface area (Å²) < 4.78 is 0. The Bertz CT molecular complexity index is 3360. The summed E-state index contributed by atoms with van der Waals surface area (Å²) >= 11 is 0. The van der Waals surface area contributed by atoms with Gasteiger partial charge in [-0.2, -0.15) is 0 Å². The Kier molecular flexibility index (Phi) is 17.3. The first-order chi connectivity index (χ1) is 37.9. The van der Waals surface area contributed by atoms with Crippen LogP contribution < -0.4 is 21.3 Å². The van der Waals surface area contributed by atoms with Crippen LogP contribution in [0.4, 0.5) is 11.4 Å². The maximum absolute atomic E-state index is 14.2. The lowest BCUT2D eigenvalue weighted by Gasteiger charge is -2.30. The minimum Gasteiger partial charge on any atom is -0.345 e. The predicted octanol–water partition coefficient (Wildman–Crippen LogP) is 3.34. The molecule has 0 radical (unpaired) electrons. The highest BCUT2D eigenvalue weighted by atomic mass is 16.6. The number of non-ortho nitro benzene ring substituents is 2. The quantitative estimate of drug-likeness (QED) is 0.0267. The van der Waals surface area contributed by atoms with Crippen molar-refractivity contribution in [2.45, 2.75) is 57.5 Å². The van der Waals surface area contributed by atoms with E-state index in [0.717, 1.165) is 26.8 Å². The second-order valence-corrected chi connectivity index (χ2v) is 19.0. The van der Waals surface area contributed by atoms with Crippen LogP contribution in [-0.2, 0) is 35.2 Å². The Morgan fingerprint density at radius 2 is 1.15 bits per heavy atom. The molecular weight excluding hydrogens is 1020 g/mol. The first-order valence-electron chi connectivity index (χ1n) is 25.5. The monoisotopic (exact) mass is 1080 g/mol. The van der Waals surface area contributed by atoms with E-state index in [-0.39, 0.29) is 104 Å². The lowest BCUT2D eigenvalue weighted by molar-refractivity contribution is -0.384. The van der Waals surface area contributed by atoms with Crippen molar-refractivity contribution in [1.29, 1.82) is 0 Å². The molecule has 5 aromatic carbocycles. The van der Waals surface area contributed by atoms with Crippen molar-refractivity contribution < 1.29 is 57.8 Å². The van der Waals surface area contributed by atoms with Crippen molar-refractivity contribution in [3.05, 3.63) is 151 Å². The fraction of sp³-hybridized carbons (Fsp3) is 0.309. The Hall–Kier alpha value is -9.58. The highest BCUT2D eigenvalue weighted by Gasteiger charge is 2.37. The summed E-state index contributed by atoms with van der Waals surface area (Å²) in [6.45, 7) is 0.577. The SMILES string of the molecule is CC(NC(=O)CCCCCN1C(=O)C=CC1=O)C(=O)NC(Cc1ccccc1)C(=O)NCC(=O)N(CCCNCCN1C(=O)c2cccc3cc([N+](=O)[O-])cc(c23)C1=O)CCN1C(=O)c2cccc3cc([N+](=O)[O-])cc(c23)C1=O. The number of carbonyl (C=O) groups is 10. The maximum Gasteiger partial charge on any atom is 0.270 e. The topological polar surface area (TPSA) is 318 Å². The third-order valence-electron chi connectivity index (χ3n) is 13.8. The van der Waals surface area contributed by atoms with Crippen LogP contribution in [0.25, 0.3) is 21.5 Å². The molecule has 79 heavy (non-hydrogen) atoms. The molecule has 0 aliphatic carbocycles. The van der Waals surface area contributed by atoms with Crippen LogP contribution in [0.1, 0.15) is 86.0 Å². The van der Waals surface area contributed by atoms with E-state index in [2.05, 4.69) is 21.3 Å². The normalized spacial score (nSPS) is 14.5. The van der Waals surface area contributed by atoms with Gasteiger partial charge in [-0.25, -0.2) is 0 Å². The lowest BCUT2D eigenvalue weighted by atomic mass is 9.93. The molecular formula is C55H54N10O14. The van der Waals surface area contributed by atoms with E-state index in [1.807, 2.05) is 0 Å². The Morgan fingerprint density at radius 3 is 1.73 bits per heavy atom. The molecule has 0 bridgehead atoms. The van der Waals surface area contributed by atoms with Gasteiger partial charge < -0.3 is 26.2 Å². The molecule has 10 amide bonds. The van der Waals surface area contributed by atoms with E-state index >= 15 is 0 Å². The molecule has 0 saturated carbocycles. The van der Waals surface area contributed by atoms with Gasteiger partial charge in [-0.1, -0.05) is 61.0 Å². The van der Waals surface area contributed by atoms with E-state index in [1.165, 1.54) is 54.3 Å². The zero-order valence-electron chi connectivity index (χ0n) is 42.8. The van der Waals surface area contributed by atoms with Crippen molar-refractivity contribution in [2.75, 3.05) is 52.4 Å². The van der Waals surface area contributed by atoms with Crippen LogP contribution in [-0.4, -0.2) is 153 Å². The lowest BCUT2D eigenvalue weighted by Crippen LogP contribution is -2.55. The van der Waals surface area contributed by atoms with Crippen LogP contribution in [0.3, 0.4) is 0 Å². The number of imide groups is 3. The maximum atomic E-state index is 14.2. The van der Waals surface area contributed by atoms with Gasteiger partial charge in [-0.3, -0.25) is 82.9 Å². The number of nitrogens with zero attached hydrogens (tertiary/aromatic N) is 6. The minimum absolute atomic E-state index is 0.0114. The van der Waals surface area contributed by atoms with Gasteiger partial charge >= 0.3 is 0 Å². The van der Waals surface area contributed by atoms with E-state index in [1.54, 1.807) is 48.5 Å². The first-order valence-corrected chi connectivity index (χ1v) is 25.5. The van der Waals surface area contributed by atoms with Gasteiger partial charge in [-0.05, 0) is 61.2 Å². The Morgan fingerprint density at radius 1 is 0.582 bits per heavy atom. The molecule has 5 aromatic rings. The van der Waals surface area contributed by atoms with Crippen LogP contribution in [0.2, 0.25) is 0 Å². The summed E-state index contributed by atoms with van der Waals surface area (Å²) in [5.41, 5.74) is 0.279. The average molecular weight is 1080 g/mol. The Labute approximate surface area is 450 Å². The van der Waals surface area contributed by atoms with Gasteiger partial charge in [0, 0.05) is 110 Å². The molecule has 3 aliphatic rings. The number of hydrogen-bond acceptors (Lipinski definition) is 15. The number of benzene rings is 5. The van der Waals surface area contributed by atoms with Crippen LogP contribution >= 0.6 is 0 Å². The second-order valence-electron chi connectivity index (χ2n) is 19.0. The van der Waals surface area contributed by atoms with Crippen LogP contribution in [0.5, 0.6) is 0 Å². The molecule has 24 nitrogen and oxygen atoms in total. The molecule has 2 atom stereocenters. The number of amides is 10. The highest BCUT2D eigenvalue weighted by Crippen LogP contribution is 2.35. The van der Waals surface area contributed by atoms with Crippen molar-refractivity contribution >= 4 is 92.0 Å². The summed E-state index contributed by atoms with van der Waals surface area (Å²) in [5, 5.41) is 35.8. The number of nitro benzene ring substituents is 2. The number of hydrogen-bond donors (Lipinski definition) is 4. The largest absolute Gasteiger partial charge is 0.345 e. The van der Waals surface area contributed by atoms with E-state index in [0.29, 0.717) is 41.0 Å². The number of carbonyl (C=O) groups excluding carboxylic acids is 10. The van der Waals surface area contributed by atoms with Gasteiger partial charge in [0.1, 0.15) is 12.1 Å². The zero-order chi connectivity index (χ0) is 56.5. The van der Waals surface area contributed by atoms with E-state index < -0.39 is 87.5 Å². The highest BCUT2D eigenvalue weighted by molar-refractivity contribution is 6.27. The zero-order valence-corrected chi connectivity index (χ0v) is 42.8. The predicted molar refractivity (Wildman–Crippen MR) is 283 cm³/mol. The number of unbranched alkanes of at least 4 members (excludes halogenated alkanes) is 2. The fourth-order valence-electron chi connectivity index (χ4n) is 9.71. The average Bonchev–Trinajstić information content (AvgIpc) is 3.96. The van der Waals surface area contributed by atoms with Crippen molar-refractivity contribution in [1.82, 2.24) is 40.9 Å². The van der Waals surface area contributed by atoms with E-state index in [4.69, 9.17) is 0 Å². The van der Waals surface area contributed by atoms with Crippen LogP contribution in [0.15, 0.2) is 103 Å². The van der Waals surface area contributed by atoms with Crippen molar-refractivity contribution in [2.24, 2.45) is 0 Å². The smallest absolute Gasteiger partial charge is 0.270 e. The minimum atomic E-state index is -1.24. The molecule has 24 heteroatoms. The first kappa shape index (κ1) is 55.6. The van der Waals surface area contributed by atoms with Gasteiger partial charge in [0.25, 0.3) is 46.8 Å².